The number of hydrogen-bond acceptors (Lipinski definition) is 4. The molecule has 1 aliphatic rings. The van der Waals surface area contributed by atoms with E-state index in [0.29, 0.717) is 29.5 Å². The van der Waals surface area contributed by atoms with Crippen LogP contribution < -0.4 is 5.32 Å². The highest BCUT2D eigenvalue weighted by Crippen LogP contribution is 2.41. The molecule has 1 aromatic heterocycles. The van der Waals surface area contributed by atoms with E-state index < -0.39 is 0 Å². The number of amides is 1. The van der Waals surface area contributed by atoms with Crippen molar-refractivity contribution in [3.8, 4) is 0 Å². The number of rotatable bonds is 6. The van der Waals surface area contributed by atoms with E-state index in [0.717, 1.165) is 24.8 Å². The molecule has 22 heavy (non-hydrogen) atoms. The number of esters is 1. The summed E-state index contributed by atoms with van der Waals surface area (Å²) in [4.78, 5) is 25.3. The molecular formula is C17H25NO3S. The molecule has 4 nitrogen and oxygen atoms in total. The zero-order chi connectivity index (χ0) is 16.1. The van der Waals surface area contributed by atoms with Crippen molar-refractivity contribution in [1.29, 1.82) is 0 Å². The van der Waals surface area contributed by atoms with Crippen LogP contribution in [0.5, 0.6) is 0 Å². The van der Waals surface area contributed by atoms with Crippen LogP contribution in [0.15, 0.2) is 0 Å². The highest BCUT2D eigenvalue weighted by Gasteiger charge is 2.29. The number of thiophene rings is 1. The summed E-state index contributed by atoms with van der Waals surface area (Å²) in [5.74, 6) is 0.329. The van der Waals surface area contributed by atoms with Gasteiger partial charge in [0.25, 0.3) is 0 Å². The summed E-state index contributed by atoms with van der Waals surface area (Å²) in [5.41, 5.74) is 1.70. The van der Waals surface area contributed by atoms with Crippen molar-refractivity contribution in [1.82, 2.24) is 0 Å². The van der Waals surface area contributed by atoms with E-state index in [2.05, 4.69) is 12.2 Å². The van der Waals surface area contributed by atoms with Crippen LogP contribution in [0.4, 0.5) is 5.00 Å². The molecule has 122 valence electrons. The quantitative estimate of drug-likeness (QED) is 0.799. The van der Waals surface area contributed by atoms with Gasteiger partial charge in [-0.25, -0.2) is 4.79 Å². The van der Waals surface area contributed by atoms with Crippen LogP contribution in [-0.4, -0.2) is 18.5 Å². The first kappa shape index (κ1) is 17.0. The number of nitrogens with one attached hydrogen (secondary N) is 1. The summed E-state index contributed by atoms with van der Waals surface area (Å²) in [7, 11) is 0. The number of anilines is 1. The van der Waals surface area contributed by atoms with Crippen LogP contribution in [0, 0.1) is 5.92 Å². The fourth-order valence-electron chi connectivity index (χ4n) is 3.03. The average molecular weight is 323 g/mol. The second-order valence-electron chi connectivity index (χ2n) is 5.73. The third-order valence-electron chi connectivity index (χ3n) is 4.12. The fraction of sp³-hybridized carbons (Fsp3) is 0.647. The van der Waals surface area contributed by atoms with Crippen LogP contribution in [0.2, 0.25) is 0 Å². The lowest BCUT2D eigenvalue weighted by atomic mass is 9.84. The van der Waals surface area contributed by atoms with E-state index in [9.17, 15) is 9.59 Å². The normalized spacial score (nSPS) is 17.0. The van der Waals surface area contributed by atoms with Crippen LogP contribution in [0.1, 0.15) is 67.3 Å². The van der Waals surface area contributed by atoms with Gasteiger partial charge in [0.2, 0.25) is 5.91 Å². The van der Waals surface area contributed by atoms with Gasteiger partial charge in [-0.15, -0.1) is 11.3 Å². The van der Waals surface area contributed by atoms with Gasteiger partial charge in [-0.2, -0.15) is 0 Å². The van der Waals surface area contributed by atoms with Gasteiger partial charge in [-0.05, 0) is 37.7 Å². The zero-order valence-corrected chi connectivity index (χ0v) is 14.5. The molecule has 2 rings (SSSR count). The molecule has 0 aliphatic heterocycles. The summed E-state index contributed by atoms with van der Waals surface area (Å²) in [6.07, 6.45) is 5.86. The lowest BCUT2D eigenvalue weighted by molar-refractivity contribution is -0.115. The van der Waals surface area contributed by atoms with Gasteiger partial charge >= 0.3 is 5.97 Å². The maximum atomic E-state index is 12.3. The van der Waals surface area contributed by atoms with E-state index >= 15 is 0 Å². The molecule has 0 saturated carbocycles. The number of carbonyl (C=O) groups excluding carboxylic acids is 2. The first-order valence-corrected chi connectivity index (χ1v) is 9.03. The van der Waals surface area contributed by atoms with Crippen molar-refractivity contribution >= 4 is 28.2 Å². The molecule has 1 heterocycles. The predicted molar refractivity (Wildman–Crippen MR) is 89.6 cm³/mol. The SMILES string of the molecule is CCC[C@@H]1CCc2c(sc(NC(=O)CC)c2C(=O)OCC)C1. The summed E-state index contributed by atoms with van der Waals surface area (Å²) in [6.45, 7) is 6.17. The monoisotopic (exact) mass is 323 g/mol. The molecule has 0 unspecified atom stereocenters. The minimum Gasteiger partial charge on any atom is -0.462 e. The molecule has 0 saturated heterocycles. The zero-order valence-electron chi connectivity index (χ0n) is 13.7. The molecule has 1 aliphatic carbocycles. The molecule has 1 aromatic rings. The summed E-state index contributed by atoms with van der Waals surface area (Å²) in [5, 5.41) is 3.56. The molecular weight excluding hydrogens is 298 g/mol. The second kappa shape index (κ2) is 7.77. The van der Waals surface area contributed by atoms with E-state index in [1.54, 1.807) is 18.3 Å². The molecule has 5 heteroatoms. The fourth-order valence-corrected chi connectivity index (χ4v) is 4.40. The van der Waals surface area contributed by atoms with E-state index in [1.165, 1.54) is 17.7 Å². The predicted octanol–water partition coefficient (Wildman–Crippen LogP) is 4.18. The number of ether oxygens (including phenoxy) is 1. The van der Waals surface area contributed by atoms with Crippen molar-refractivity contribution in [3.63, 3.8) is 0 Å². The minimum atomic E-state index is -0.305. The minimum absolute atomic E-state index is 0.0609. The molecule has 0 spiro atoms. The molecule has 0 aromatic carbocycles. The smallest absolute Gasteiger partial charge is 0.341 e. The Bertz CT molecular complexity index is 550. The Hall–Kier alpha value is -1.36. The first-order valence-electron chi connectivity index (χ1n) is 8.22. The third-order valence-corrected chi connectivity index (χ3v) is 5.29. The van der Waals surface area contributed by atoms with Gasteiger partial charge in [0, 0.05) is 11.3 Å². The Morgan fingerprint density at radius 1 is 1.32 bits per heavy atom. The second-order valence-corrected chi connectivity index (χ2v) is 6.83. The largest absolute Gasteiger partial charge is 0.462 e. The van der Waals surface area contributed by atoms with Crippen LogP contribution in [0.25, 0.3) is 0 Å². The average Bonchev–Trinajstić information content (AvgIpc) is 2.84. The van der Waals surface area contributed by atoms with Crippen molar-refractivity contribution < 1.29 is 14.3 Å². The molecule has 1 N–H and O–H groups in total. The Kier molecular flexibility index (Phi) is 6.00. The highest BCUT2D eigenvalue weighted by atomic mass is 32.1. The topological polar surface area (TPSA) is 55.4 Å². The number of carbonyl (C=O) groups is 2. The maximum absolute atomic E-state index is 12.3. The molecule has 0 bridgehead atoms. The number of fused-ring (bicyclic) bond motifs is 1. The van der Waals surface area contributed by atoms with E-state index in [1.807, 2.05) is 6.92 Å². The van der Waals surface area contributed by atoms with Crippen molar-refractivity contribution in [2.75, 3.05) is 11.9 Å². The highest BCUT2D eigenvalue weighted by molar-refractivity contribution is 7.17. The van der Waals surface area contributed by atoms with Crippen LogP contribution >= 0.6 is 11.3 Å². The molecule has 0 fully saturated rings. The molecule has 1 atom stereocenters. The van der Waals surface area contributed by atoms with E-state index in [-0.39, 0.29) is 11.9 Å². The van der Waals surface area contributed by atoms with Crippen LogP contribution in [0.3, 0.4) is 0 Å². The Labute approximate surface area is 136 Å². The van der Waals surface area contributed by atoms with E-state index in [4.69, 9.17) is 4.74 Å². The Morgan fingerprint density at radius 2 is 2.09 bits per heavy atom. The van der Waals surface area contributed by atoms with Gasteiger partial charge in [-0.1, -0.05) is 26.7 Å². The number of hydrogen-bond donors (Lipinski definition) is 1. The third kappa shape index (κ3) is 3.69. The van der Waals surface area contributed by atoms with Gasteiger partial charge in [0.05, 0.1) is 12.2 Å². The Morgan fingerprint density at radius 3 is 2.73 bits per heavy atom. The molecule has 1 amide bonds. The Balaban J connectivity index is 2.32. The lowest BCUT2D eigenvalue weighted by Gasteiger charge is -2.21. The molecule has 0 radical (unpaired) electrons. The maximum Gasteiger partial charge on any atom is 0.341 e. The van der Waals surface area contributed by atoms with Gasteiger partial charge in [-0.3, -0.25) is 4.79 Å². The summed E-state index contributed by atoms with van der Waals surface area (Å²) < 4.78 is 5.20. The summed E-state index contributed by atoms with van der Waals surface area (Å²) in [6, 6.07) is 0. The van der Waals surface area contributed by atoms with Gasteiger partial charge in [0.1, 0.15) is 5.00 Å². The van der Waals surface area contributed by atoms with Gasteiger partial charge < -0.3 is 10.1 Å². The lowest BCUT2D eigenvalue weighted by Crippen LogP contribution is -2.17. The van der Waals surface area contributed by atoms with Crippen molar-refractivity contribution in [2.45, 2.75) is 59.3 Å². The standard InChI is InChI=1S/C17H25NO3S/c1-4-7-11-8-9-12-13(10-11)22-16(18-14(19)5-2)15(12)17(20)21-6-3/h11H,4-10H2,1-3H3,(H,18,19)/t11-/m1/s1. The van der Waals surface area contributed by atoms with Crippen LogP contribution in [-0.2, 0) is 22.4 Å². The summed E-state index contributed by atoms with van der Waals surface area (Å²) >= 11 is 1.56. The first-order chi connectivity index (χ1) is 10.6. The van der Waals surface area contributed by atoms with Crippen molar-refractivity contribution in [3.05, 3.63) is 16.0 Å². The van der Waals surface area contributed by atoms with Gasteiger partial charge in [0.15, 0.2) is 0 Å². The van der Waals surface area contributed by atoms with Crippen molar-refractivity contribution in [2.24, 2.45) is 5.92 Å².